The summed E-state index contributed by atoms with van der Waals surface area (Å²) in [6.45, 7) is 4.10. The summed E-state index contributed by atoms with van der Waals surface area (Å²) in [6, 6.07) is 0. The van der Waals surface area contributed by atoms with Crippen LogP contribution in [0.2, 0.25) is 0 Å². The van der Waals surface area contributed by atoms with E-state index in [1.165, 1.54) is 4.88 Å². The molecular weight excluding hydrogens is 168 g/mol. The molecule has 0 fully saturated rings. The molecule has 2 nitrogen and oxygen atoms in total. The molecule has 58 valence electrons. The molecule has 1 rings (SSSR count). The standard InChI is InChI=1S/C6H10N2S.ClH/c1-4-5(2)9-6(7-3)8-4;/h1-3H3,(H,7,8);1H. The highest BCUT2D eigenvalue weighted by atomic mass is 35.5. The minimum Gasteiger partial charge on any atom is -0.365 e. The summed E-state index contributed by atoms with van der Waals surface area (Å²) in [5.41, 5.74) is 1.13. The molecule has 4 heteroatoms. The van der Waals surface area contributed by atoms with Crippen molar-refractivity contribution in [3.63, 3.8) is 0 Å². The van der Waals surface area contributed by atoms with Crippen molar-refractivity contribution in [3.05, 3.63) is 10.6 Å². The Kier molecular flexibility index (Phi) is 3.68. The van der Waals surface area contributed by atoms with E-state index in [2.05, 4.69) is 17.2 Å². The highest BCUT2D eigenvalue weighted by Crippen LogP contribution is 2.19. The minimum absolute atomic E-state index is 0. The summed E-state index contributed by atoms with van der Waals surface area (Å²) in [4.78, 5) is 5.53. The number of thiazole rings is 1. The Morgan fingerprint density at radius 3 is 2.20 bits per heavy atom. The molecular formula is C6H11ClN2S. The summed E-state index contributed by atoms with van der Waals surface area (Å²) >= 11 is 1.69. The number of rotatable bonds is 1. The van der Waals surface area contributed by atoms with Crippen molar-refractivity contribution in [2.75, 3.05) is 12.4 Å². The lowest BCUT2D eigenvalue weighted by Crippen LogP contribution is -1.84. The third-order valence-corrected chi connectivity index (χ3v) is 2.33. The summed E-state index contributed by atoms with van der Waals surface area (Å²) < 4.78 is 0. The Hall–Kier alpha value is -0.280. The zero-order chi connectivity index (χ0) is 6.85. The highest BCUT2D eigenvalue weighted by Gasteiger charge is 1.98. The van der Waals surface area contributed by atoms with E-state index < -0.39 is 0 Å². The summed E-state index contributed by atoms with van der Waals surface area (Å²) in [7, 11) is 1.89. The second-order valence-electron chi connectivity index (χ2n) is 1.91. The highest BCUT2D eigenvalue weighted by molar-refractivity contribution is 7.15. The van der Waals surface area contributed by atoms with Crippen molar-refractivity contribution >= 4 is 28.9 Å². The fourth-order valence-electron chi connectivity index (χ4n) is 0.580. The van der Waals surface area contributed by atoms with Gasteiger partial charge in [0.05, 0.1) is 5.69 Å². The average molecular weight is 179 g/mol. The second-order valence-corrected chi connectivity index (χ2v) is 3.11. The molecule has 1 aromatic rings. The largest absolute Gasteiger partial charge is 0.365 e. The van der Waals surface area contributed by atoms with Crippen LogP contribution in [0.3, 0.4) is 0 Å². The number of anilines is 1. The molecule has 0 radical (unpaired) electrons. The Morgan fingerprint density at radius 1 is 1.40 bits per heavy atom. The number of aryl methyl sites for hydroxylation is 2. The molecule has 0 aliphatic rings. The van der Waals surface area contributed by atoms with E-state index in [1.54, 1.807) is 11.3 Å². The zero-order valence-electron chi connectivity index (χ0n) is 6.26. The van der Waals surface area contributed by atoms with E-state index in [9.17, 15) is 0 Å². The van der Waals surface area contributed by atoms with Gasteiger partial charge in [0, 0.05) is 11.9 Å². The number of halogens is 1. The molecule has 10 heavy (non-hydrogen) atoms. The van der Waals surface area contributed by atoms with Gasteiger partial charge in [0.25, 0.3) is 0 Å². The van der Waals surface area contributed by atoms with Crippen molar-refractivity contribution in [1.29, 1.82) is 0 Å². The molecule has 0 unspecified atom stereocenters. The van der Waals surface area contributed by atoms with Gasteiger partial charge in [0.15, 0.2) is 5.13 Å². The van der Waals surface area contributed by atoms with Crippen molar-refractivity contribution in [1.82, 2.24) is 4.98 Å². The quantitative estimate of drug-likeness (QED) is 0.714. The van der Waals surface area contributed by atoms with Gasteiger partial charge in [0.1, 0.15) is 0 Å². The predicted octanol–water partition coefficient (Wildman–Crippen LogP) is 2.22. The van der Waals surface area contributed by atoms with Gasteiger partial charge in [-0.05, 0) is 13.8 Å². The molecule has 1 N–H and O–H groups in total. The SMILES string of the molecule is CNc1nc(C)c(C)s1.Cl. The molecule has 0 saturated carbocycles. The van der Waals surface area contributed by atoms with Crippen LogP contribution >= 0.6 is 23.7 Å². The Labute approximate surface area is 71.1 Å². The first-order valence-corrected chi connectivity index (χ1v) is 3.67. The minimum atomic E-state index is 0. The van der Waals surface area contributed by atoms with Gasteiger partial charge >= 0.3 is 0 Å². The molecule has 0 atom stereocenters. The maximum atomic E-state index is 4.24. The molecule has 0 aliphatic carbocycles. The van der Waals surface area contributed by atoms with Crippen LogP contribution in [0.5, 0.6) is 0 Å². The first kappa shape index (κ1) is 9.72. The van der Waals surface area contributed by atoms with E-state index >= 15 is 0 Å². The van der Waals surface area contributed by atoms with Crippen LogP contribution in [0, 0.1) is 13.8 Å². The van der Waals surface area contributed by atoms with Gasteiger partial charge in [0.2, 0.25) is 0 Å². The maximum Gasteiger partial charge on any atom is 0.182 e. The smallest absolute Gasteiger partial charge is 0.182 e. The molecule has 0 bridgehead atoms. The van der Waals surface area contributed by atoms with E-state index in [4.69, 9.17) is 0 Å². The number of nitrogens with one attached hydrogen (secondary N) is 1. The van der Waals surface area contributed by atoms with Crippen molar-refractivity contribution in [2.24, 2.45) is 0 Å². The summed E-state index contributed by atoms with van der Waals surface area (Å²) in [5.74, 6) is 0. The van der Waals surface area contributed by atoms with Crippen LogP contribution in [-0.4, -0.2) is 12.0 Å². The third-order valence-electron chi connectivity index (χ3n) is 1.24. The topological polar surface area (TPSA) is 24.9 Å². The molecule has 0 spiro atoms. The average Bonchev–Trinajstić information content (AvgIpc) is 2.13. The molecule has 1 aromatic heterocycles. The van der Waals surface area contributed by atoms with Crippen LogP contribution in [0.25, 0.3) is 0 Å². The monoisotopic (exact) mass is 178 g/mol. The normalized spacial score (nSPS) is 8.70. The van der Waals surface area contributed by atoms with Crippen LogP contribution in [-0.2, 0) is 0 Å². The van der Waals surface area contributed by atoms with Crippen molar-refractivity contribution < 1.29 is 0 Å². The van der Waals surface area contributed by atoms with E-state index in [0.29, 0.717) is 0 Å². The van der Waals surface area contributed by atoms with Gasteiger partial charge in [-0.3, -0.25) is 0 Å². The number of nitrogens with zero attached hydrogens (tertiary/aromatic N) is 1. The molecule has 0 aliphatic heterocycles. The lowest BCUT2D eigenvalue weighted by Gasteiger charge is -1.85. The summed E-state index contributed by atoms with van der Waals surface area (Å²) in [6.07, 6.45) is 0. The zero-order valence-corrected chi connectivity index (χ0v) is 7.90. The number of hydrogen-bond acceptors (Lipinski definition) is 3. The molecule has 0 saturated heterocycles. The Bertz CT molecular complexity index is 190. The predicted molar refractivity (Wildman–Crippen MR) is 48.4 cm³/mol. The van der Waals surface area contributed by atoms with Crippen LogP contribution in [0.4, 0.5) is 5.13 Å². The Balaban J connectivity index is 0.000000810. The van der Waals surface area contributed by atoms with E-state index in [0.717, 1.165) is 10.8 Å². The lowest BCUT2D eigenvalue weighted by molar-refractivity contribution is 1.22. The van der Waals surface area contributed by atoms with Crippen molar-refractivity contribution in [2.45, 2.75) is 13.8 Å². The van der Waals surface area contributed by atoms with Crippen LogP contribution in [0.15, 0.2) is 0 Å². The summed E-state index contributed by atoms with van der Waals surface area (Å²) in [5, 5.41) is 4.00. The van der Waals surface area contributed by atoms with E-state index in [-0.39, 0.29) is 12.4 Å². The van der Waals surface area contributed by atoms with Gasteiger partial charge < -0.3 is 5.32 Å². The van der Waals surface area contributed by atoms with E-state index in [1.807, 2.05) is 14.0 Å². The lowest BCUT2D eigenvalue weighted by atomic mass is 10.4. The van der Waals surface area contributed by atoms with Crippen molar-refractivity contribution in [3.8, 4) is 0 Å². The first-order valence-electron chi connectivity index (χ1n) is 2.86. The van der Waals surface area contributed by atoms with Gasteiger partial charge in [-0.2, -0.15) is 0 Å². The van der Waals surface area contributed by atoms with Crippen LogP contribution < -0.4 is 5.32 Å². The molecule has 0 aromatic carbocycles. The van der Waals surface area contributed by atoms with Crippen LogP contribution in [0.1, 0.15) is 10.6 Å². The Morgan fingerprint density at radius 2 is 2.00 bits per heavy atom. The van der Waals surface area contributed by atoms with Gasteiger partial charge in [-0.15, -0.1) is 23.7 Å². The third kappa shape index (κ3) is 1.85. The number of hydrogen-bond donors (Lipinski definition) is 1. The van der Waals surface area contributed by atoms with Gasteiger partial charge in [-0.25, -0.2) is 4.98 Å². The molecule has 0 amide bonds. The first-order chi connectivity index (χ1) is 4.24. The molecule has 1 heterocycles. The number of aromatic nitrogens is 1. The fraction of sp³-hybridized carbons (Fsp3) is 0.500. The fourth-order valence-corrected chi connectivity index (χ4v) is 1.35. The van der Waals surface area contributed by atoms with Gasteiger partial charge in [-0.1, -0.05) is 0 Å². The maximum absolute atomic E-state index is 4.24. The second kappa shape index (κ2) is 3.78.